The average molecular weight is 293 g/mol. The minimum atomic E-state index is 0.152. The molecule has 0 amide bonds. The SMILES string of the molecule is COc1cccc(C(CN)N2CCN(C)CC2C)c1OC. The highest BCUT2D eigenvalue weighted by molar-refractivity contribution is 5.48. The molecule has 0 aliphatic carbocycles. The molecule has 2 unspecified atom stereocenters. The highest BCUT2D eigenvalue weighted by Gasteiger charge is 2.30. The number of nitrogens with two attached hydrogens (primary N) is 1. The van der Waals surface area contributed by atoms with Gasteiger partial charge in [0.15, 0.2) is 11.5 Å². The molecule has 0 aromatic heterocycles. The molecule has 1 heterocycles. The number of hydrogen-bond donors (Lipinski definition) is 1. The van der Waals surface area contributed by atoms with E-state index in [-0.39, 0.29) is 6.04 Å². The van der Waals surface area contributed by atoms with Crippen LogP contribution >= 0.6 is 0 Å². The first-order chi connectivity index (χ1) is 10.1. The summed E-state index contributed by atoms with van der Waals surface area (Å²) >= 11 is 0. The van der Waals surface area contributed by atoms with E-state index in [1.165, 1.54) is 0 Å². The summed E-state index contributed by atoms with van der Waals surface area (Å²) < 4.78 is 11.0. The fraction of sp³-hybridized carbons (Fsp3) is 0.625. The van der Waals surface area contributed by atoms with E-state index in [1.54, 1.807) is 14.2 Å². The van der Waals surface area contributed by atoms with Crippen molar-refractivity contribution in [1.82, 2.24) is 9.80 Å². The minimum absolute atomic E-state index is 0.152. The van der Waals surface area contributed by atoms with Crippen LogP contribution in [0.2, 0.25) is 0 Å². The van der Waals surface area contributed by atoms with Gasteiger partial charge in [0.1, 0.15) is 0 Å². The van der Waals surface area contributed by atoms with E-state index in [2.05, 4.69) is 29.8 Å². The van der Waals surface area contributed by atoms with Gasteiger partial charge in [0, 0.05) is 37.8 Å². The molecule has 1 aromatic rings. The van der Waals surface area contributed by atoms with Crippen molar-refractivity contribution in [1.29, 1.82) is 0 Å². The number of piperazine rings is 1. The van der Waals surface area contributed by atoms with Gasteiger partial charge in [-0.1, -0.05) is 12.1 Å². The normalized spacial score (nSPS) is 22.0. The van der Waals surface area contributed by atoms with Crippen molar-refractivity contribution >= 4 is 0 Å². The molecule has 1 aliphatic rings. The molecule has 0 radical (unpaired) electrons. The van der Waals surface area contributed by atoms with Crippen LogP contribution in [-0.2, 0) is 0 Å². The van der Waals surface area contributed by atoms with Gasteiger partial charge in [0.25, 0.3) is 0 Å². The molecule has 1 aromatic carbocycles. The van der Waals surface area contributed by atoms with Crippen molar-refractivity contribution in [2.45, 2.75) is 19.0 Å². The molecular formula is C16H27N3O2. The van der Waals surface area contributed by atoms with Gasteiger partial charge < -0.3 is 20.1 Å². The maximum Gasteiger partial charge on any atom is 0.165 e. The van der Waals surface area contributed by atoms with Crippen molar-refractivity contribution < 1.29 is 9.47 Å². The molecule has 5 heteroatoms. The van der Waals surface area contributed by atoms with Crippen molar-refractivity contribution in [3.05, 3.63) is 23.8 Å². The lowest BCUT2D eigenvalue weighted by Gasteiger charge is -2.43. The first-order valence-corrected chi connectivity index (χ1v) is 7.47. The Balaban J connectivity index is 2.33. The molecule has 2 N–H and O–H groups in total. The number of rotatable bonds is 5. The van der Waals surface area contributed by atoms with E-state index in [0.717, 1.165) is 36.7 Å². The van der Waals surface area contributed by atoms with Crippen molar-refractivity contribution in [2.75, 3.05) is 47.4 Å². The smallest absolute Gasteiger partial charge is 0.165 e. The van der Waals surface area contributed by atoms with E-state index in [0.29, 0.717) is 12.6 Å². The quantitative estimate of drug-likeness (QED) is 0.888. The number of hydrogen-bond acceptors (Lipinski definition) is 5. The Morgan fingerprint density at radius 3 is 2.62 bits per heavy atom. The summed E-state index contributed by atoms with van der Waals surface area (Å²) in [6.07, 6.45) is 0. The molecule has 1 saturated heterocycles. The van der Waals surface area contributed by atoms with Gasteiger partial charge in [-0.05, 0) is 20.0 Å². The monoisotopic (exact) mass is 293 g/mol. The molecule has 0 bridgehead atoms. The number of likely N-dealkylation sites (N-methyl/N-ethyl adjacent to an activating group) is 1. The zero-order valence-electron chi connectivity index (χ0n) is 13.5. The Kier molecular flexibility index (Phi) is 5.45. The highest BCUT2D eigenvalue weighted by atomic mass is 16.5. The van der Waals surface area contributed by atoms with Crippen LogP contribution in [0.4, 0.5) is 0 Å². The fourth-order valence-electron chi connectivity index (χ4n) is 3.23. The summed E-state index contributed by atoms with van der Waals surface area (Å²) in [5.41, 5.74) is 7.20. The lowest BCUT2D eigenvalue weighted by atomic mass is 10.0. The maximum atomic E-state index is 6.10. The zero-order valence-corrected chi connectivity index (χ0v) is 13.5. The molecule has 0 saturated carbocycles. The Morgan fingerprint density at radius 2 is 2.05 bits per heavy atom. The second kappa shape index (κ2) is 7.11. The topological polar surface area (TPSA) is 51.0 Å². The first kappa shape index (κ1) is 16.1. The lowest BCUT2D eigenvalue weighted by molar-refractivity contribution is 0.0625. The summed E-state index contributed by atoms with van der Waals surface area (Å²) in [5, 5.41) is 0. The van der Waals surface area contributed by atoms with Gasteiger partial charge in [0.2, 0.25) is 0 Å². The van der Waals surface area contributed by atoms with Crippen LogP contribution in [0.25, 0.3) is 0 Å². The third kappa shape index (κ3) is 3.31. The van der Waals surface area contributed by atoms with Crippen LogP contribution in [0.3, 0.4) is 0 Å². The predicted molar refractivity (Wildman–Crippen MR) is 85.0 cm³/mol. The largest absolute Gasteiger partial charge is 0.493 e. The average Bonchev–Trinajstić information content (AvgIpc) is 2.49. The minimum Gasteiger partial charge on any atom is -0.493 e. The Hall–Kier alpha value is -1.30. The van der Waals surface area contributed by atoms with Gasteiger partial charge in [-0.2, -0.15) is 0 Å². The number of benzene rings is 1. The number of ether oxygens (including phenoxy) is 2. The second-order valence-electron chi connectivity index (χ2n) is 5.68. The number of para-hydroxylation sites is 1. The molecule has 21 heavy (non-hydrogen) atoms. The van der Waals surface area contributed by atoms with Crippen molar-refractivity contribution in [2.24, 2.45) is 5.73 Å². The van der Waals surface area contributed by atoms with E-state index in [4.69, 9.17) is 15.2 Å². The Labute approximate surface area is 127 Å². The van der Waals surface area contributed by atoms with Gasteiger partial charge in [-0.25, -0.2) is 0 Å². The maximum absolute atomic E-state index is 6.10. The van der Waals surface area contributed by atoms with Gasteiger partial charge in [-0.15, -0.1) is 0 Å². The molecule has 0 spiro atoms. The first-order valence-electron chi connectivity index (χ1n) is 7.47. The van der Waals surface area contributed by atoms with Gasteiger partial charge in [-0.3, -0.25) is 4.90 Å². The third-order valence-corrected chi connectivity index (χ3v) is 4.30. The summed E-state index contributed by atoms with van der Waals surface area (Å²) in [5.74, 6) is 1.55. The third-order valence-electron chi connectivity index (χ3n) is 4.30. The molecule has 118 valence electrons. The van der Waals surface area contributed by atoms with E-state index < -0.39 is 0 Å². The van der Waals surface area contributed by atoms with E-state index in [9.17, 15) is 0 Å². The molecular weight excluding hydrogens is 266 g/mol. The highest BCUT2D eigenvalue weighted by Crippen LogP contribution is 2.37. The van der Waals surface area contributed by atoms with Crippen LogP contribution in [0.1, 0.15) is 18.5 Å². The van der Waals surface area contributed by atoms with Crippen molar-refractivity contribution in [3.8, 4) is 11.5 Å². The molecule has 2 rings (SSSR count). The predicted octanol–water partition coefficient (Wildman–Crippen LogP) is 1.34. The van der Waals surface area contributed by atoms with Crippen LogP contribution in [0, 0.1) is 0 Å². The lowest BCUT2D eigenvalue weighted by Crippen LogP contribution is -2.52. The number of nitrogens with zero attached hydrogens (tertiary/aromatic N) is 2. The molecule has 2 atom stereocenters. The summed E-state index contributed by atoms with van der Waals surface area (Å²) in [6.45, 7) is 5.96. The van der Waals surface area contributed by atoms with Crippen molar-refractivity contribution in [3.63, 3.8) is 0 Å². The van der Waals surface area contributed by atoms with Crippen LogP contribution in [-0.4, -0.2) is 63.3 Å². The second-order valence-corrected chi connectivity index (χ2v) is 5.68. The van der Waals surface area contributed by atoms with Crippen LogP contribution in [0.5, 0.6) is 11.5 Å². The number of methoxy groups -OCH3 is 2. The zero-order chi connectivity index (χ0) is 15.4. The van der Waals surface area contributed by atoms with Gasteiger partial charge >= 0.3 is 0 Å². The van der Waals surface area contributed by atoms with Gasteiger partial charge in [0.05, 0.1) is 20.3 Å². The van der Waals surface area contributed by atoms with Crippen LogP contribution in [0.15, 0.2) is 18.2 Å². The van der Waals surface area contributed by atoms with E-state index in [1.807, 2.05) is 12.1 Å². The van der Waals surface area contributed by atoms with E-state index >= 15 is 0 Å². The Bertz CT molecular complexity index is 467. The Morgan fingerprint density at radius 1 is 1.29 bits per heavy atom. The fourth-order valence-corrected chi connectivity index (χ4v) is 3.23. The van der Waals surface area contributed by atoms with Crippen LogP contribution < -0.4 is 15.2 Å². The summed E-state index contributed by atoms with van der Waals surface area (Å²) in [7, 11) is 5.51. The molecule has 1 fully saturated rings. The molecule has 5 nitrogen and oxygen atoms in total. The summed E-state index contributed by atoms with van der Waals surface area (Å²) in [6, 6.07) is 6.62. The summed E-state index contributed by atoms with van der Waals surface area (Å²) in [4.78, 5) is 4.83. The standard InChI is InChI=1S/C16H27N3O2/c1-12-11-18(2)8-9-19(12)14(10-17)13-6-5-7-15(20-3)16(13)21-4/h5-7,12,14H,8-11,17H2,1-4H3. The molecule has 1 aliphatic heterocycles.